The first-order chi connectivity index (χ1) is 13.1. The summed E-state index contributed by atoms with van der Waals surface area (Å²) in [6, 6.07) is 14.0. The van der Waals surface area contributed by atoms with Crippen LogP contribution in [0.4, 0.5) is 0 Å². The Morgan fingerprint density at radius 1 is 0.857 bits per heavy atom. The van der Waals surface area contributed by atoms with Crippen LogP contribution in [0.1, 0.15) is 34.1 Å². The van der Waals surface area contributed by atoms with Crippen LogP contribution in [-0.4, -0.2) is 66.3 Å². The Morgan fingerprint density at radius 3 is 1.79 bits per heavy atom. The van der Waals surface area contributed by atoms with Gasteiger partial charge in [0.05, 0.1) is 18.6 Å². The van der Waals surface area contributed by atoms with E-state index in [1.807, 2.05) is 13.8 Å². The Morgan fingerprint density at radius 2 is 1.32 bits per heavy atom. The number of hydrogen-bond acceptors (Lipinski definition) is 6. The second-order valence-electron chi connectivity index (χ2n) is 8.29. The maximum Gasteiger partial charge on any atom is 0.138 e. The molecule has 7 atom stereocenters. The van der Waals surface area contributed by atoms with Crippen molar-refractivity contribution in [2.75, 3.05) is 6.61 Å². The number of aliphatic hydroxyl groups is 6. The third kappa shape index (κ3) is 2.03. The van der Waals surface area contributed by atoms with E-state index in [-0.39, 0.29) is 0 Å². The molecule has 2 aliphatic rings. The number of hydrogen-bond donors (Lipinski definition) is 6. The van der Waals surface area contributed by atoms with Crippen LogP contribution in [0.3, 0.4) is 0 Å². The van der Waals surface area contributed by atoms with Crippen LogP contribution < -0.4 is 0 Å². The highest BCUT2D eigenvalue weighted by atomic mass is 16.5. The summed E-state index contributed by atoms with van der Waals surface area (Å²) < 4.78 is 0. The van der Waals surface area contributed by atoms with Crippen molar-refractivity contribution in [1.82, 2.24) is 0 Å². The van der Waals surface area contributed by atoms with E-state index in [0.29, 0.717) is 11.1 Å². The second kappa shape index (κ2) is 6.10. The van der Waals surface area contributed by atoms with Gasteiger partial charge in [0, 0.05) is 5.92 Å². The van der Waals surface area contributed by atoms with Crippen molar-refractivity contribution >= 4 is 0 Å². The molecule has 4 rings (SSSR count). The largest absolute Gasteiger partial charge is 0.394 e. The smallest absolute Gasteiger partial charge is 0.138 e. The summed E-state index contributed by atoms with van der Waals surface area (Å²) in [6.45, 7) is 2.98. The topological polar surface area (TPSA) is 121 Å². The van der Waals surface area contributed by atoms with Crippen LogP contribution in [0.25, 0.3) is 0 Å². The van der Waals surface area contributed by atoms with E-state index in [1.54, 1.807) is 48.5 Å². The molecule has 6 N–H and O–H groups in total. The molecule has 2 saturated carbocycles. The van der Waals surface area contributed by atoms with E-state index in [0.717, 1.165) is 11.1 Å². The lowest BCUT2D eigenvalue weighted by Gasteiger charge is -2.80. The molecule has 6 heteroatoms. The van der Waals surface area contributed by atoms with Gasteiger partial charge in [-0.3, -0.25) is 0 Å². The average Bonchev–Trinajstić information content (AvgIpc) is 2.69. The fourth-order valence-electron chi connectivity index (χ4n) is 5.35. The number of aliphatic hydroxyl groups excluding tert-OH is 3. The van der Waals surface area contributed by atoms with Gasteiger partial charge in [-0.05, 0) is 25.0 Å². The molecule has 0 radical (unpaired) electrons. The van der Waals surface area contributed by atoms with Crippen molar-refractivity contribution in [3.63, 3.8) is 0 Å². The van der Waals surface area contributed by atoms with Gasteiger partial charge in [0.1, 0.15) is 22.9 Å². The van der Waals surface area contributed by atoms with E-state index >= 15 is 0 Å². The molecule has 2 aliphatic carbocycles. The summed E-state index contributed by atoms with van der Waals surface area (Å²) >= 11 is 0. The van der Waals surface area contributed by atoms with Gasteiger partial charge in [-0.2, -0.15) is 0 Å². The Kier molecular flexibility index (Phi) is 4.25. The standard InChI is InChI=1S/C22H26O6/c1-12-3-7-14(8-4-12)17-19(25)21(27)18(15-9-5-13(2)6-10-15)20(26,16(24)11-23)22(17,21)28/h3-10,16-19,23-28H,11H2,1-2H3/t16-,17+,18+,19+,20+,21+,22+/m1/s1. The Hall–Kier alpha value is -1.80. The molecule has 2 aromatic carbocycles. The summed E-state index contributed by atoms with van der Waals surface area (Å²) in [5, 5.41) is 65.1. The highest BCUT2D eigenvalue weighted by Crippen LogP contribution is 2.75. The third-order valence-electron chi connectivity index (χ3n) is 6.85. The van der Waals surface area contributed by atoms with Gasteiger partial charge in [-0.15, -0.1) is 0 Å². The normalized spacial score (nSPS) is 40.2. The predicted octanol–water partition coefficient (Wildman–Crippen LogP) is 0.105. The number of fused-ring (bicyclic) bond motifs is 1. The van der Waals surface area contributed by atoms with Crippen molar-refractivity contribution in [3.8, 4) is 0 Å². The molecule has 2 fully saturated rings. The van der Waals surface area contributed by atoms with Crippen LogP contribution >= 0.6 is 0 Å². The molecule has 0 amide bonds. The highest BCUT2D eigenvalue weighted by molar-refractivity contribution is 5.55. The van der Waals surface area contributed by atoms with Crippen LogP contribution in [0, 0.1) is 13.8 Å². The van der Waals surface area contributed by atoms with Crippen LogP contribution in [0.2, 0.25) is 0 Å². The number of benzene rings is 2. The van der Waals surface area contributed by atoms with Crippen molar-refractivity contribution in [2.45, 2.75) is 54.7 Å². The number of rotatable bonds is 4. The Balaban J connectivity index is 1.84. The fraction of sp³-hybridized carbons (Fsp3) is 0.455. The molecule has 0 unspecified atom stereocenters. The summed E-state index contributed by atoms with van der Waals surface area (Å²) in [4.78, 5) is 0. The van der Waals surface area contributed by atoms with Crippen LogP contribution in [0.5, 0.6) is 0 Å². The minimum Gasteiger partial charge on any atom is -0.394 e. The molecule has 0 aliphatic heterocycles. The average molecular weight is 386 g/mol. The lowest BCUT2D eigenvalue weighted by atomic mass is 9.30. The molecule has 28 heavy (non-hydrogen) atoms. The van der Waals surface area contributed by atoms with Gasteiger partial charge >= 0.3 is 0 Å². The zero-order chi connectivity index (χ0) is 20.5. The highest BCUT2D eigenvalue weighted by Gasteiger charge is 2.93. The second-order valence-corrected chi connectivity index (χ2v) is 8.29. The quantitative estimate of drug-likeness (QED) is 0.444. The van der Waals surface area contributed by atoms with Gasteiger partial charge < -0.3 is 30.6 Å². The van der Waals surface area contributed by atoms with Crippen molar-refractivity contribution in [3.05, 3.63) is 70.8 Å². The summed E-state index contributed by atoms with van der Waals surface area (Å²) in [5.41, 5.74) is -3.56. The van der Waals surface area contributed by atoms with Gasteiger partial charge in [-0.1, -0.05) is 59.7 Å². The van der Waals surface area contributed by atoms with Crippen molar-refractivity contribution < 1.29 is 30.6 Å². The molecule has 0 spiro atoms. The molecule has 0 aromatic heterocycles. The molecule has 0 heterocycles. The predicted molar refractivity (Wildman–Crippen MR) is 102 cm³/mol. The first kappa shape index (κ1) is 19.5. The molecule has 0 bridgehead atoms. The van der Waals surface area contributed by atoms with Crippen molar-refractivity contribution in [1.29, 1.82) is 0 Å². The van der Waals surface area contributed by atoms with Gasteiger partial charge in [-0.25, -0.2) is 0 Å². The van der Waals surface area contributed by atoms with Gasteiger partial charge in [0.25, 0.3) is 0 Å². The molecular weight excluding hydrogens is 360 g/mol. The van der Waals surface area contributed by atoms with Gasteiger partial charge in [0.2, 0.25) is 0 Å². The monoisotopic (exact) mass is 386 g/mol. The summed E-state index contributed by atoms with van der Waals surface area (Å²) in [5.74, 6) is -2.17. The Bertz CT molecular complexity index is 879. The minimum atomic E-state index is -2.24. The Labute approximate surface area is 163 Å². The molecular formula is C22H26O6. The zero-order valence-electron chi connectivity index (χ0n) is 15.8. The summed E-state index contributed by atoms with van der Waals surface area (Å²) in [7, 11) is 0. The van der Waals surface area contributed by atoms with E-state index < -0.39 is 47.5 Å². The number of aryl methyl sites for hydroxylation is 2. The lowest BCUT2D eigenvalue weighted by molar-refractivity contribution is -0.459. The van der Waals surface area contributed by atoms with E-state index in [2.05, 4.69) is 0 Å². The molecule has 0 saturated heterocycles. The zero-order valence-corrected chi connectivity index (χ0v) is 15.8. The minimum absolute atomic E-state index is 0.467. The first-order valence-electron chi connectivity index (χ1n) is 9.41. The molecule has 150 valence electrons. The first-order valence-corrected chi connectivity index (χ1v) is 9.41. The van der Waals surface area contributed by atoms with E-state index in [9.17, 15) is 30.6 Å². The van der Waals surface area contributed by atoms with E-state index in [4.69, 9.17) is 0 Å². The molecule has 6 nitrogen and oxygen atoms in total. The van der Waals surface area contributed by atoms with Crippen molar-refractivity contribution in [2.24, 2.45) is 0 Å². The maximum atomic E-state index is 11.5. The van der Waals surface area contributed by atoms with Gasteiger partial charge in [0.15, 0.2) is 0 Å². The maximum absolute atomic E-state index is 11.5. The fourth-order valence-corrected chi connectivity index (χ4v) is 5.35. The molecule has 2 aromatic rings. The third-order valence-corrected chi connectivity index (χ3v) is 6.85. The SMILES string of the molecule is Cc1ccc([C@H]2[C@@](O)([C@H](O)CO)[C@@]3(O)[C@@H](c4ccc(C)cc4)[C@H](O)[C@@]23O)cc1. The van der Waals surface area contributed by atoms with E-state index in [1.165, 1.54) is 0 Å². The van der Waals surface area contributed by atoms with Crippen LogP contribution in [0.15, 0.2) is 48.5 Å². The summed E-state index contributed by atoms with van der Waals surface area (Å²) in [6.07, 6.45) is -3.05. The lowest BCUT2D eigenvalue weighted by Crippen LogP contribution is -2.99. The van der Waals surface area contributed by atoms with Crippen LogP contribution in [-0.2, 0) is 0 Å².